The molecule has 0 aliphatic carbocycles. The highest BCUT2D eigenvalue weighted by Gasteiger charge is 2.30. The lowest BCUT2D eigenvalue weighted by molar-refractivity contribution is 0.114. The molecule has 3 rings (SSSR count). The zero-order chi connectivity index (χ0) is 13.4. The number of thioether (sulfide) groups is 1. The minimum absolute atomic E-state index is 0.126. The molecule has 100 valence electrons. The SMILES string of the molecule is O[C@H]1c2cc(Cl)c(Cl)cc2SC[C@@H]1Cc1ncc[nH]1. The number of halogens is 2. The molecule has 2 heterocycles. The summed E-state index contributed by atoms with van der Waals surface area (Å²) in [5.41, 5.74) is 0.863. The summed E-state index contributed by atoms with van der Waals surface area (Å²) in [7, 11) is 0. The van der Waals surface area contributed by atoms with E-state index in [0.29, 0.717) is 10.0 Å². The van der Waals surface area contributed by atoms with Crippen molar-refractivity contribution >= 4 is 35.0 Å². The van der Waals surface area contributed by atoms with E-state index in [1.165, 1.54) is 0 Å². The van der Waals surface area contributed by atoms with E-state index in [-0.39, 0.29) is 5.92 Å². The van der Waals surface area contributed by atoms with Crippen LogP contribution in [0.1, 0.15) is 17.5 Å². The van der Waals surface area contributed by atoms with Crippen molar-refractivity contribution < 1.29 is 5.11 Å². The van der Waals surface area contributed by atoms with Gasteiger partial charge in [-0.15, -0.1) is 11.8 Å². The predicted octanol–water partition coefficient (Wildman–Crippen LogP) is 3.71. The van der Waals surface area contributed by atoms with Crippen molar-refractivity contribution in [3.8, 4) is 0 Å². The Morgan fingerprint density at radius 3 is 2.89 bits per heavy atom. The van der Waals surface area contributed by atoms with Crippen LogP contribution in [-0.4, -0.2) is 20.8 Å². The second-order valence-electron chi connectivity index (χ2n) is 4.56. The minimum Gasteiger partial charge on any atom is -0.388 e. The van der Waals surface area contributed by atoms with Gasteiger partial charge in [0.15, 0.2) is 0 Å². The van der Waals surface area contributed by atoms with Gasteiger partial charge in [0, 0.05) is 35.4 Å². The first-order chi connectivity index (χ1) is 9.15. The molecule has 1 aliphatic rings. The molecule has 1 aliphatic heterocycles. The van der Waals surface area contributed by atoms with E-state index in [0.717, 1.165) is 28.5 Å². The Balaban J connectivity index is 1.87. The molecule has 0 unspecified atom stereocenters. The fourth-order valence-corrected chi connectivity index (χ4v) is 3.91. The van der Waals surface area contributed by atoms with E-state index in [1.807, 2.05) is 6.07 Å². The Hall–Kier alpha value is -0.680. The summed E-state index contributed by atoms with van der Waals surface area (Å²) >= 11 is 13.7. The van der Waals surface area contributed by atoms with Crippen LogP contribution in [-0.2, 0) is 6.42 Å². The van der Waals surface area contributed by atoms with Crippen LogP contribution in [0, 0.1) is 5.92 Å². The number of hydrogen-bond acceptors (Lipinski definition) is 3. The number of rotatable bonds is 2. The van der Waals surface area contributed by atoms with Crippen LogP contribution < -0.4 is 0 Å². The van der Waals surface area contributed by atoms with E-state index in [1.54, 1.807) is 30.2 Å². The van der Waals surface area contributed by atoms with Gasteiger partial charge in [0.25, 0.3) is 0 Å². The molecule has 0 saturated carbocycles. The molecule has 2 aromatic rings. The van der Waals surface area contributed by atoms with Crippen molar-refractivity contribution in [1.29, 1.82) is 0 Å². The number of H-pyrrole nitrogens is 1. The topological polar surface area (TPSA) is 48.9 Å². The van der Waals surface area contributed by atoms with Gasteiger partial charge in [-0.05, 0) is 17.7 Å². The summed E-state index contributed by atoms with van der Waals surface area (Å²) in [6.45, 7) is 0. The van der Waals surface area contributed by atoms with Gasteiger partial charge in [0.1, 0.15) is 5.82 Å². The van der Waals surface area contributed by atoms with E-state index >= 15 is 0 Å². The number of nitrogens with zero attached hydrogens (tertiary/aromatic N) is 1. The van der Waals surface area contributed by atoms with Crippen molar-refractivity contribution in [2.24, 2.45) is 5.92 Å². The Labute approximate surface area is 125 Å². The maximum absolute atomic E-state index is 10.5. The zero-order valence-corrected chi connectivity index (χ0v) is 12.3. The third-order valence-electron chi connectivity index (χ3n) is 3.28. The minimum atomic E-state index is -0.531. The molecule has 0 spiro atoms. The molecule has 6 heteroatoms. The summed E-state index contributed by atoms with van der Waals surface area (Å²) < 4.78 is 0. The van der Waals surface area contributed by atoms with Gasteiger partial charge >= 0.3 is 0 Å². The number of imidazole rings is 1. The molecule has 0 fully saturated rings. The van der Waals surface area contributed by atoms with Crippen LogP contribution in [0.15, 0.2) is 29.4 Å². The van der Waals surface area contributed by atoms with Crippen LogP contribution in [0.3, 0.4) is 0 Å². The summed E-state index contributed by atoms with van der Waals surface area (Å²) in [5, 5.41) is 11.5. The highest BCUT2D eigenvalue weighted by Crippen LogP contribution is 2.43. The molecular weight excluding hydrogens is 303 g/mol. The zero-order valence-electron chi connectivity index (χ0n) is 9.94. The molecule has 0 saturated heterocycles. The van der Waals surface area contributed by atoms with Crippen molar-refractivity contribution in [2.75, 3.05) is 5.75 Å². The molecule has 19 heavy (non-hydrogen) atoms. The van der Waals surface area contributed by atoms with Gasteiger partial charge in [-0.3, -0.25) is 0 Å². The predicted molar refractivity (Wildman–Crippen MR) is 77.9 cm³/mol. The second-order valence-corrected chi connectivity index (χ2v) is 6.44. The Kier molecular flexibility index (Phi) is 3.76. The number of aromatic nitrogens is 2. The van der Waals surface area contributed by atoms with Crippen LogP contribution in [0.5, 0.6) is 0 Å². The first kappa shape index (κ1) is 13.3. The average Bonchev–Trinajstić information content (AvgIpc) is 2.88. The molecular formula is C13H12Cl2N2OS. The fraction of sp³-hybridized carbons (Fsp3) is 0.308. The summed E-state index contributed by atoms with van der Waals surface area (Å²) in [6.07, 6.45) is 3.71. The van der Waals surface area contributed by atoms with E-state index < -0.39 is 6.10 Å². The monoisotopic (exact) mass is 314 g/mol. The standard InChI is InChI=1S/C13H12Cl2N2OS/c14-9-4-8-11(5-10(9)15)19-6-7(13(8)18)3-12-16-1-2-17-12/h1-2,4-5,7,13,18H,3,6H2,(H,16,17)/t7-,13+/m0/s1. The van der Waals surface area contributed by atoms with Crippen LogP contribution >= 0.6 is 35.0 Å². The highest BCUT2D eigenvalue weighted by atomic mass is 35.5. The Morgan fingerprint density at radius 1 is 1.37 bits per heavy atom. The first-order valence-corrected chi connectivity index (χ1v) is 7.67. The maximum atomic E-state index is 10.5. The fourth-order valence-electron chi connectivity index (χ4n) is 2.27. The lowest BCUT2D eigenvalue weighted by Crippen LogP contribution is -2.22. The number of aliphatic hydroxyl groups excluding tert-OH is 1. The number of fused-ring (bicyclic) bond motifs is 1. The largest absolute Gasteiger partial charge is 0.388 e. The third kappa shape index (κ3) is 2.63. The highest BCUT2D eigenvalue weighted by molar-refractivity contribution is 7.99. The third-order valence-corrected chi connectivity index (χ3v) is 5.26. The van der Waals surface area contributed by atoms with E-state index in [9.17, 15) is 5.11 Å². The van der Waals surface area contributed by atoms with Gasteiger partial charge in [-0.25, -0.2) is 4.98 Å². The molecule has 3 nitrogen and oxygen atoms in total. The van der Waals surface area contributed by atoms with Gasteiger partial charge < -0.3 is 10.1 Å². The lowest BCUT2D eigenvalue weighted by Gasteiger charge is -2.29. The molecule has 0 radical (unpaired) electrons. The quantitative estimate of drug-likeness (QED) is 0.888. The van der Waals surface area contributed by atoms with Crippen molar-refractivity contribution in [1.82, 2.24) is 9.97 Å². The smallest absolute Gasteiger partial charge is 0.106 e. The number of nitrogens with one attached hydrogen (secondary N) is 1. The van der Waals surface area contributed by atoms with Gasteiger partial charge in [0.2, 0.25) is 0 Å². The molecule has 2 N–H and O–H groups in total. The summed E-state index contributed by atoms with van der Waals surface area (Å²) in [4.78, 5) is 8.29. The summed E-state index contributed by atoms with van der Waals surface area (Å²) in [6, 6.07) is 3.60. The number of benzene rings is 1. The van der Waals surface area contributed by atoms with Gasteiger partial charge in [-0.1, -0.05) is 23.2 Å². The Bertz CT molecular complexity index is 589. The Morgan fingerprint density at radius 2 is 2.16 bits per heavy atom. The van der Waals surface area contributed by atoms with E-state index in [2.05, 4.69) is 9.97 Å². The molecule has 2 atom stereocenters. The number of hydrogen-bond donors (Lipinski definition) is 2. The molecule has 0 amide bonds. The van der Waals surface area contributed by atoms with Crippen LogP contribution in [0.25, 0.3) is 0 Å². The molecule has 1 aromatic carbocycles. The number of aromatic amines is 1. The normalized spacial score (nSPS) is 22.3. The first-order valence-electron chi connectivity index (χ1n) is 5.93. The van der Waals surface area contributed by atoms with Crippen molar-refractivity contribution in [3.63, 3.8) is 0 Å². The lowest BCUT2D eigenvalue weighted by atomic mass is 9.93. The molecule has 1 aromatic heterocycles. The maximum Gasteiger partial charge on any atom is 0.106 e. The molecule has 0 bridgehead atoms. The van der Waals surface area contributed by atoms with E-state index in [4.69, 9.17) is 23.2 Å². The van der Waals surface area contributed by atoms with Crippen LogP contribution in [0.2, 0.25) is 10.0 Å². The van der Waals surface area contributed by atoms with Gasteiger partial charge in [0.05, 0.1) is 16.1 Å². The summed E-state index contributed by atoms with van der Waals surface area (Å²) in [5.74, 6) is 1.86. The van der Waals surface area contributed by atoms with Crippen molar-refractivity contribution in [3.05, 3.63) is 46.0 Å². The van der Waals surface area contributed by atoms with Gasteiger partial charge in [-0.2, -0.15) is 0 Å². The van der Waals surface area contributed by atoms with Crippen molar-refractivity contribution in [2.45, 2.75) is 17.4 Å². The number of aliphatic hydroxyl groups is 1. The van der Waals surface area contributed by atoms with Crippen LogP contribution in [0.4, 0.5) is 0 Å². The second kappa shape index (κ2) is 5.37. The average molecular weight is 315 g/mol.